The van der Waals surface area contributed by atoms with Crippen LogP contribution in [0.1, 0.15) is 32.8 Å². The Morgan fingerprint density at radius 1 is 1.36 bits per heavy atom. The molecule has 0 aromatic heterocycles. The van der Waals surface area contributed by atoms with Crippen LogP contribution in [0.5, 0.6) is 5.75 Å². The Hall–Kier alpha value is -1.44. The summed E-state index contributed by atoms with van der Waals surface area (Å²) in [5.41, 5.74) is 5.63. The first-order valence-corrected chi connectivity index (χ1v) is 7.93. The van der Waals surface area contributed by atoms with Crippen LogP contribution >= 0.6 is 12.4 Å². The van der Waals surface area contributed by atoms with Crippen molar-refractivity contribution in [3.63, 3.8) is 0 Å². The third kappa shape index (κ3) is 4.40. The van der Waals surface area contributed by atoms with Gasteiger partial charge in [0.1, 0.15) is 11.3 Å². The molecule has 8 heteroatoms. The number of benzene rings is 1. The second kappa shape index (κ2) is 8.29. The molecule has 1 aliphatic rings. The molecule has 1 fully saturated rings. The van der Waals surface area contributed by atoms with Gasteiger partial charge < -0.3 is 20.5 Å². The Morgan fingerprint density at radius 2 is 1.96 bits per heavy atom. The summed E-state index contributed by atoms with van der Waals surface area (Å²) >= 11 is 0. The lowest BCUT2D eigenvalue weighted by Gasteiger charge is -2.57. The smallest absolute Gasteiger partial charge is 0.387 e. The van der Waals surface area contributed by atoms with Crippen molar-refractivity contribution in [1.29, 1.82) is 0 Å². The number of amides is 1. The molecule has 1 amide bonds. The fourth-order valence-corrected chi connectivity index (χ4v) is 2.95. The highest BCUT2D eigenvalue weighted by Gasteiger charge is 2.62. The molecule has 1 aliphatic carbocycles. The van der Waals surface area contributed by atoms with Gasteiger partial charge in [0, 0.05) is 25.0 Å². The van der Waals surface area contributed by atoms with E-state index in [9.17, 15) is 13.6 Å². The predicted molar refractivity (Wildman–Crippen MR) is 92.9 cm³/mol. The molecule has 0 saturated heterocycles. The summed E-state index contributed by atoms with van der Waals surface area (Å²) in [5, 5.41) is 2.81. The van der Waals surface area contributed by atoms with Crippen LogP contribution < -0.4 is 15.8 Å². The zero-order valence-electron chi connectivity index (χ0n) is 14.6. The lowest BCUT2D eigenvalue weighted by molar-refractivity contribution is -0.170. The molecule has 2 unspecified atom stereocenters. The van der Waals surface area contributed by atoms with Gasteiger partial charge in [-0.1, -0.05) is 26.0 Å². The van der Waals surface area contributed by atoms with Gasteiger partial charge in [-0.25, -0.2) is 0 Å². The number of nitrogens with one attached hydrogen (secondary N) is 1. The summed E-state index contributed by atoms with van der Waals surface area (Å²) in [6.45, 7) is 3.75. The van der Waals surface area contributed by atoms with Crippen LogP contribution in [-0.2, 0) is 16.1 Å². The van der Waals surface area contributed by atoms with Crippen LogP contribution in [0, 0.1) is 5.41 Å². The molecule has 0 spiro atoms. The fraction of sp³-hybridized carbons (Fsp3) is 0.588. The minimum Gasteiger partial charge on any atom is -0.435 e. The standard InChI is InChI=1S/C17H24F2N2O3.ClH/c1-4-23-13-9-17(20,16(13,2)3)14(22)21-10-11-5-7-12(8-6-11)24-15(18)19;/h5-8,13,15H,4,9-10,20H2,1-3H3,(H,21,22);1H. The molecule has 2 atom stereocenters. The van der Waals surface area contributed by atoms with Gasteiger partial charge in [-0.05, 0) is 24.6 Å². The van der Waals surface area contributed by atoms with Crippen molar-refractivity contribution in [2.75, 3.05) is 6.61 Å². The molecule has 2 rings (SSSR count). The number of carbonyl (C=O) groups is 1. The Bertz CT molecular complexity index is 584. The van der Waals surface area contributed by atoms with Gasteiger partial charge in [-0.15, -0.1) is 12.4 Å². The minimum absolute atomic E-state index is 0. The van der Waals surface area contributed by atoms with E-state index >= 15 is 0 Å². The highest BCUT2D eigenvalue weighted by atomic mass is 35.5. The lowest BCUT2D eigenvalue weighted by Crippen LogP contribution is -2.75. The van der Waals surface area contributed by atoms with E-state index in [-0.39, 0.29) is 36.7 Å². The number of ether oxygens (including phenoxy) is 2. The molecule has 25 heavy (non-hydrogen) atoms. The number of alkyl halides is 2. The Morgan fingerprint density at radius 3 is 2.44 bits per heavy atom. The number of rotatable bonds is 7. The maximum atomic E-state index is 12.5. The van der Waals surface area contributed by atoms with Crippen LogP contribution in [0.3, 0.4) is 0 Å². The summed E-state index contributed by atoms with van der Waals surface area (Å²) in [6.07, 6.45) is 0.435. The van der Waals surface area contributed by atoms with Crippen molar-refractivity contribution in [2.24, 2.45) is 11.1 Å². The van der Waals surface area contributed by atoms with Gasteiger partial charge in [0.25, 0.3) is 0 Å². The first-order chi connectivity index (χ1) is 11.2. The maximum Gasteiger partial charge on any atom is 0.387 e. The molecule has 1 aromatic carbocycles. The van der Waals surface area contributed by atoms with Crippen molar-refractivity contribution in [3.05, 3.63) is 29.8 Å². The maximum absolute atomic E-state index is 12.5. The van der Waals surface area contributed by atoms with Crippen LogP contribution in [0.2, 0.25) is 0 Å². The third-order valence-corrected chi connectivity index (χ3v) is 4.84. The average Bonchev–Trinajstić information content (AvgIpc) is 2.53. The normalized spacial score (nSPS) is 24.2. The molecule has 0 aliphatic heterocycles. The second-order valence-electron chi connectivity index (χ2n) is 6.55. The highest BCUT2D eigenvalue weighted by Crippen LogP contribution is 2.49. The van der Waals surface area contributed by atoms with Crippen LogP contribution in [0.25, 0.3) is 0 Å². The van der Waals surface area contributed by atoms with E-state index in [0.29, 0.717) is 13.0 Å². The lowest BCUT2D eigenvalue weighted by atomic mass is 9.54. The molecular weight excluding hydrogens is 354 g/mol. The van der Waals surface area contributed by atoms with E-state index in [2.05, 4.69) is 10.1 Å². The summed E-state index contributed by atoms with van der Waals surface area (Å²) in [6, 6.07) is 6.11. The largest absolute Gasteiger partial charge is 0.435 e. The number of hydrogen-bond donors (Lipinski definition) is 2. The molecular formula is C17H25ClF2N2O3. The van der Waals surface area contributed by atoms with Gasteiger partial charge in [-0.3, -0.25) is 4.79 Å². The van der Waals surface area contributed by atoms with Crippen LogP contribution in [0.4, 0.5) is 8.78 Å². The summed E-state index contributed by atoms with van der Waals surface area (Å²) in [4.78, 5) is 12.5. The van der Waals surface area contributed by atoms with E-state index in [1.807, 2.05) is 20.8 Å². The molecule has 0 radical (unpaired) electrons. The van der Waals surface area contributed by atoms with Gasteiger partial charge in [0.15, 0.2) is 0 Å². The summed E-state index contributed by atoms with van der Waals surface area (Å²) in [5.74, 6) is -0.161. The summed E-state index contributed by atoms with van der Waals surface area (Å²) < 4.78 is 34.1. The average molecular weight is 379 g/mol. The molecule has 1 aromatic rings. The van der Waals surface area contributed by atoms with Crippen molar-refractivity contribution in [1.82, 2.24) is 5.32 Å². The zero-order chi connectivity index (χ0) is 18.0. The topological polar surface area (TPSA) is 73.6 Å². The monoisotopic (exact) mass is 378 g/mol. The van der Waals surface area contributed by atoms with E-state index in [4.69, 9.17) is 10.5 Å². The number of carbonyl (C=O) groups excluding carboxylic acids is 1. The molecule has 3 N–H and O–H groups in total. The van der Waals surface area contributed by atoms with Gasteiger partial charge in [0.2, 0.25) is 5.91 Å². The summed E-state index contributed by atoms with van der Waals surface area (Å²) in [7, 11) is 0. The van der Waals surface area contributed by atoms with Crippen molar-refractivity contribution < 1.29 is 23.0 Å². The van der Waals surface area contributed by atoms with Gasteiger partial charge in [-0.2, -0.15) is 8.78 Å². The molecule has 1 saturated carbocycles. The number of nitrogens with two attached hydrogens (primary N) is 1. The molecule has 0 heterocycles. The van der Waals surface area contributed by atoms with Gasteiger partial charge in [0.05, 0.1) is 6.10 Å². The number of hydrogen-bond acceptors (Lipinski definition) is 4. The SMILES string of the molecule is CCOC1CC(N)(C(=O)NCc2ccc(OC(F)F)cc2)C1(C)C.Cl. The Labute approximate surface area is 152 Å². The van der Waals surface area contributed by atoms with E-state index in [1.165, 1.54) is 12.1 Å². The quantitative estimate of drug-likeness (QED) is 0.765. The fourth-order valence-electron chi connectivity index (χ4n) is 2.95. The second-order valence-corrected chi connectivity index (χ2v) is 6.55. The zero-order valence-corrected chi connectivity index (χ0v) is 15.4. The Balaban J connectivity index is 0.00000312. The van der Waals surface area contributed by atoms with E-state index < -0.39 is 17.6 Å². The predicted octanol–water partition coefficient (Wildman–Crippen LogP) is 2.86. The van der Waals surface area contributed by atoms with Crippen molar-refractivity contribution in [2.45, 2.75) is 52.0 Å². The van der Waals surface area contributed by atoms with E-state index in [1.54, 1.807) is 12.1 Å². The third-order valence-electron chi connectivity index (χ3n) is 4.84. The first kappa shape index (κ1) is 21.6. The van der Waals surface area contributed by atoms with Crippen LogP contribution in [0.15, 0.2) is 24.3 Å². The minimum atomic E-state index is -2.85. The van der Waals surface area contributed by atoms with Crippen molar-refractivity contribution >= 4 is 18.3 Å². The molecule has 142 valence electrons. The molecule has 0 bridgehead atoms. The molecule has 5 nitrogen and oxygen atoms in total. The van der Waals surface area contributed by atoms with Crippen molar-refractivity contribution in [3.8, 4) is 5.75 Å². The highest BCUT2D eigenvalue weighted by molar-refractivity contribution is 5.88. The van der Waals surface area contributed by atoms with Crippen LogP contribution in [-0.4, -0.2) is 30.8 Å². The van der Waals surface area contributed by atoms with E-state index in [0.717, 1.165) is 5.56 Å². The first-order valence-electron chi connectivity index (χ1n) is 7.93. The van der Waals surface area contributed by atoms with Gasteiger partial charge >= 0.3 is 6.61 Å². The number of halogens is 3. The Kier molecular flexibility index (Phi) is 7.17.